The summed E-state index contributed by atoms with van der Waals surface area (Å²) in [7, 11) is 3.14. The number of nitrogen functional groups attached to an aromatic ring is 1. The van der Waals surface area contributed by atoms with Crippen molar-refractivity contribution in [3.05, 3.63) is 136 Å². The van der Waals surface area contributed by atoms with E-state index in [4.69, 9.17) is 37.7 Å². The minimum atomic E-state index is -0.808. The molecule has 3 aliphatic rings. The molecule has 2 aliphatic carbocycles. The van der Waals surface area contributed by atoms with Gasteiger partial charge in [0.15, 0.2) is 5.11 Å². The van der Waals surface area contributed by atoms with Crippen LogP contribution < -0.4 is 31.5 Å². The van der Waals surface area contributed by atoms with E-state index in [1.165, 1.54) is 42.5 Å². The summed E-state index contributed by atoms with van der Waals surface area (Å²) >= 11 is 5.70. The number of benzene rings is 2. The molecule has 17 heteroatoms. The molecule has 2 saturated carbocycles. The molecule has 1 saturated heterocycles. The van der Waals surface area contributed by atoms with Gasteiger partial charge in [-0.05, 0) is 111 Å². The van der Waals surface area contributed by atoms with Crippen LogP contribution in [0.15, 0.2) is 67.5 Å². The van der Waals surface area contributed by atoms with E-state index in [-0.39, 0.29) is 38.2 Å². The van der Waals surface area contributed by atoms with Gasteiger partial charge in [-0.2, -0.15) is 0 Å². The largest absolute Gasteiger partial charge is 0.396 e. The van der Waals surface area contributed by atoms with Crippen molar-refractivity contribution in [2.24, 2.45) is 0 Å². The second kappa shape index (κ2) is 19.7. The van der Waals surface area contributed by atoms with Gasteiger partial charge < -0.3 is 36.3 Å². The Kier molecular flexibility index (Phi) is 15.6. The van der Waals surface area contributed by atoms with Crippen molar-refractivity contribution in [2.75, 3.05) is 34.9 Å². The first-order chi connectivity index (χ1) is 27.7. The molecule has 3 fully saturated rings. The first kappa shape index (κ1) is 47.5. The summed E-state index contributed by atoms with van der Waals surface area (Å²) in [6.07, 6.45) is 7.70. The lowest BCUT2D eigenvalue weighted by atomic mass is 9.75. The third kappa shape index (κ3) is 9.36. The molecule has 2 amide bonds. The van der Waals surface area contributed by atoms with E-state index < -0.39 is 28.7 Å². The topological polar surface area (TPSA) is 142 Å². The number of aromatic nitrogens is 2. The summed E-state index contributed by atoms with van der Waals surface area (Å²) < 4.78 is 28.5. The molecule has 0 atom stereocenters. The van der Waals surface area contributed by atoms with Gasteiger partial charge in [0, 0.05) is 58.0 Å². The van der Waals surface area contributed by atoms with Gasteiger partial charge in [0.25, 0.3) is 23.5 Å². The van der Waals surface area contributed by atoms with Crippen molar-refractivity contribution in [1.82, 2.24) is 20.6 Å². The number of nitrogens with two attached hydrogens (primary N) is 1. The summed E-state index contributed by atoms with van der Waals surface area (Å²) in [6, 6.07) is 12.6. The highest BCUT2D eigenvalue weighted by Gasteiger charge is 2.59. The van der Waals surface area contributed by atoms with Gasteiger partial charge in [-0.3, -0.25) is 19.3 Å². The number of carbonyl (C=O) groups excluding carboxylic acids is 2. The summed E-state index contributed by atoms with van der Waals surface area (Å²) in [5, 5.41) is 8.55. The second-order valence-electron chi connectivity index (χ2n) is 13.9. The highest BCUT2D eigenvalue weighted by atomic mass is 32.1. The number of pyridine rings is 2. The van der Waals surface area contributed by atoms with Gasteiger partial charge in [0.2, 0.25) is 0 Å². The van der Waals surface area contributed by atoms with Gasteiger partial charge >= 0.3 is 5.66 Å². The summed E-state index contributed by atoms with van der Waals surface area (Å²) in [5.74, 6) is -0.905. The van der Waals surface area contributed by atoms with E-state index in [0.717, 1.165) is 31.2 Å². The van der Waals surface area contributed by atoms with Crippen LogP contribution in [0.25, 0.3) is 20.2 Å². The van der Waals surface area contributed by atoms with Gasteiger partial charge in [0.1, 0.15) is 29.6 Å². The maximum atomic E-state index is 14.8. The molecule has 2 aromatic carbocycles. The van der Waals surface area contributed by atoms with E-state index in [1.807, 2.05) is 6.92 Å². The van der Waals surface area contributed by atoms with Crippen molar-refractivity contribution < 1.29 is 18.4 Å². The van der Waals surface area contributed by atoms with Crippen LogP contribution in [0.4, 0.5) is 43.2 Å². The molecule has 1 aliphatic heterocycles. The third-order valence-corrected chi connectivity index (χ3v) is 10.6. The average molecular weight is 829 g/mol. The first-order valence-electron chi connectivity index (χ1n) is 18.2. The van der Waals surface area contributed by atoms with Crippen LogP contribution in [0.5, 0.6) is 0 Å². The predicted molar refractivity (Wildman–Crippen MR) is 238 cm³/mol. The number of rotatable bonds is 7. The van der Waals surface area contributed by atoms with Crippen molar-refractivity contribution in [3.63, 3.8) is 0 Å². The standard InChI is InChI=1S/C22H20FN5OS.C13H14FN3O.C7H7N3.CH4.B/c1-13-10-16(12-26-19(13)25-4)27-20(29)22(8-5-9-22)28(21(27)30)15-6-7-17(14(2)24-3)18(23)11-15;1-15-12(18)10-5-4-9(8-11(10)14)17-13(16-2)6-3-7-13;1-5-3-6(8)4-10-7(5)9-2;;/h6-7,10-12,24H,2,5,8-9H2,1,3H3;4-5,8,17H,3,6-7H2,1H3,(H,15,18);3-4H,8H2,1H3;1H4;. The SMILES string of the molecule is C.[B].[C-]#[N+]C1(Nc2ccc(C(=O)NC)c(F)c2)CCC1.[C-]#[N+]c1ncc(N)cc1C.[C-]#[N+]c1ncc(N2C(=O)C3(CCC3)N(c3ccc(C(=C)NC)c(F)c3)C2=S)cc1C. The smallest absolute Gasteiger partial charge is 0.305 e. The molecule has 3 heterocycles. The van der Waals surface area contributed by atoms with E-state index >= 15 is 0 Å². The Bertz CT molecular complexity index is 2430. The van der Waals surface area contributed by atoms with Gasteiger partial charge in [-0.25, -0.2) is 15.4 Å². The Labute approximate surface area is 357 Å². The molecular formula is C43H45BF2N11O2S. The minimum Gasteiger partial charge on any atom is -0.396 e. The zero-order chi connectivity index (χ0) is 42.4. The molecule has 60 heavy (non-hydrogen) atoms. The van der Waals surface area contributed by atoms with E-state index in [1.54, 1.807) is 49.2 Å². The van der Waals surface area contributed by atoms with Crippen LogP contribution in [-0.4, -0.2) is 60.6 Å². The summed E-state index contributed by atoms with van der Waals surface area (Å²) in [4.78, 5) is 46.1. The third-order valence-electron chi connectivity index (χ3n) is 10.2. The molecule has 1 spiro atoms. The fourth-order valence-corrected chi connectivity index (χ4v) is 7.15. The molecule has 307 valence electrons. The Morgan fingerprint density at radius 1 is 0.867 bits per heavy atom. The summed E-state index contributed by atoms with van der Waals surface area (Å²) in [6.45, 7) is 28.4. The first-order valence-corrected chi connectivity index (χ1v) is 18.6. The molecule has 4 aromatic rings. The number of amides is 2. The maximum Gasteiger partial charge on any atom is 0.305 e. The molecule has 13 nitrogen and oxygen atoms in total. The fourth-order valence-electron chi connectivity index (χ4n) is 6.69. The lowest BCUT2D eigenvalue weighted by molar-refractivity contribution is -0.123. The van der Waals surface area contributed by atoms with Crippen LogP contribution in [0.1, 0.15) is 73.0 Å². The average Bonchev–Trinajstić information content (AvgIpc) is 3.42. The Morgan fingerprint density at radius 3 is 1.92 bits per heavy atom. The van der Waals surface area contributed by atoms with Crippen molar-refractivity contribution in [2.45, 2.75) is 71.0 Å². The summed E-state index contributed by atoms with van der Waals surface area (Å²) in [5.41, 5.74) is 8.56. The fraction of sp³-hybridized carbons (Fsp3) is 0.302. The number of anilines is 4. The molecule has 5 N–H and O–H groups in total. The number of carbonyl (C=O) groups is 2. The van der Waals surface area contributed by atoms with Crippen LogP contribution >= 0.6 is 12.2 Å². The van der Waals surface area contributed by atoms with E-state index in [2.05, 4.69) is 47.0 Å². The van der Waals surface area contributed by atoms with Crippen LogP contribution in [0.2, 0.25) is 0 Å². The normalized spacial score (nSPS) is 14.9. The van der Waals surface area contributed by atoms with E-state index in [0.29, 0.717) is 58.2 Å². The Balaban J connectivity index is 0.000000272. The number of hydrogen-bond acceptors (Lipinski definition) is 8. The zero-order valence-electron chi connectivity index (χ0n) is 33.0. The molecule has 0 unspecified atom stereocenters. The molecule has 7 rings (SSSR count). The molecule has 3 radical (unpaired) electrons. The van der Waals surface area contributed by atoms with Gasteiger partial charge in [-0.1, -0.05) is 27.1 Å². The maximum absolute atomic E-state index is 14.8. The highest BCUT2D eigenvalue weighted by molar-refractivity contribution is 7.81. The number of nitrogens with zero attached hydrogens (tertiary/aromatic N) is 7. The second-order valence-corrected chi connectivity index (χ2v) is 14.3. The van der Waals surface area contributed by atoms with E-state index in [9.17, 15) is 18.4 Å². The number of nitrogens with one attached hydrogen (secondary N) is 3. The lowest BCUT2D eigenvalue weighted by Gasteiger charge is -2.43. The Morgan fingerprint density at radius 2 is 1.45 bits per heavy atom. The van der Waals surface area contributed by atoms with Crippen LogP contribution in [0.3, 0.4) is 0 Å². The lowest BCUT2D eigenvalue weighted by Crippen LogP contribution is -2.55. The molecule has 0 bridgehead atoms. The van der Waals surface area contributed by atoms with Crippen molar-refractivity contribution in [3.8, 4) is 0 Å². The van der Waals surface area contributed by atoms with Crippen LogP contribution in [-0.2, 0) is 4.79 Å². The molecular weight excluding hydrogens is 783 g/mol. The van der Waals surface area contributed by atoms with Gasteiger partial charge in [-0.15, -0.1) is 9.97 Å². The quantitative estimate of drug-likeness (QED) is 0.0820. The number of thiocarbonyl (C=S) groups is 1. The number of halogens is 2. The zero-order valence-corrected chi connectivity index (χ0v) is 33.8. The molecule has 2 aromatic heterocycles. The highest BCUT2D eigenvalue weighted by Crippen LogP contribution is 2.48. The minimum absolute atomic E-state index is 0. The monoisotopic (exact) mass is 828 g/mol. The Hall–Kier alpha value is -6.90. The van der Waals surface area contributed by atoms with Crippen LogP contribution in [0, 0.1) is 45.2 Å². The van der Waals surface area contributed by atoms with Crippen molar-refractivity contribution in [1.29, 1.82) is 0 Å². The predicted octanol–water partition coefficient (Wildman–Crippen LogP) is 8.51. The van der Waals surface area contributed by atoms with Crippen molar-refractivity contribution >= 4 is 77.6 Å². The number of aryl methyl sites for hydroxylation is 2. The van der Waals surface area contributed by atoms with Gasteiger partial charge in [0.05, 0.1) is 16.9 Å². The number of hydrogen-bond donors (Lipinski definition) is 4.